The Bertz CT molecular complexity index is 1770. The van der Waals surface area contributed by atoms with E-state index in [4.69, 9.17) is 9.47 Å². The van der Waals surface area contributed by atoms with Crippen molar-refractivity contribution in [1.29, 1.82) is 0 Å². The number of ketones is 4. The largest absolute Gasteiger partial charge is 0.462 e. The molecule has 0 aromatic carbocycles. The van der Waals surface area contributed by atoms with Gasteiger partial charge in [0.05, 0.1) is 0 Å². The summed E-state index contributed by atoms with van der Waals surface area (Å²) >= 11 is 0. The van der Waals surface area contributed by atoms with Gasteiger partial charge in [0, 0.05) is 36.5 Å². The minimum absolute atomic E-state index is 0.0723. The molecule has 0 N–H and O–H groups in total. The van der Waals surface area contributed by atoms with E-state index >= 15 is 0 Å². The molecule has 0 spiro atoms. The SMILES string of the molecule is CCCCCCCCCCCC(=O)OC(CC(C)=O)CC(C)(C)C(=O)C=CC(C)=CC=CC(C)=CC=CC=C(C)C=CC=C(C)C=CC(=O)C(C)(C)CC(CC(C)=O)OC(=O)CCCCCCCCCCC. The molecule has 8 heteroatoms. The molecule has 0 saturated heterocycles. The Morgan fingerprint density at radius 1 is 0.375 bits per heavy atom. The summed E-state index contributed by atoms with van der Waals surface area (Å²) in [6, 6.07) is 0. The van der Waals surface area contributed by atoms with Crippen LogP contribution in [0.25, 0.3) is 0 Å². The maximum absolute atomic E-state index is 13.3. The summed E-state index contributed by atoms with van der Waals surface area (Å²) in [6.07, 6.45) is 47.4. The van der Waals surface area contributed by atoms with Crippen molar-refractivity contribution in [2.75, 3.05) is 0 Å². The Morgan fingerprint density at radius 3 is 0.958 bits per heavy atom. The number of esters is 2. The van der Waals surface area contributed by atoms with Crippen molar-refractivity contribution in [3.8, 4) is 0 Å². The topological polar surface area (TPSA) is 121 Å². The van der Waals surface area contributed by atoms with Crippen LogP contribution >= 0.6 is 0 Å². The summed E-state index contributed by atoms with van der Waals surface area (Å²) in [5, 5.41) is 0. The molecule has 0 aromatic rings. The molecule has 0 aliphatic carbocycles. The number of Topliss-reactive ketones (excluding diaryl/α,β-unsaturated/α-hetero) is 2. The van der Waals surface area contributed by atoms with E-state index < -0.39 is 23.0 Å². The van der Waals surface area contributed by atoms with Gasteiger partial charge in [0.2, 0.25) is 0 Å². The third-order valence-electron chi connectivity index (χ3n) is 12.7. The Morgan fingerprint density at radius 2 is 0.653 bits per heavy atom. The Kier molecular flexibility index (Phi) is 38.1. The van der Waals surface area contributed by atoms with E-state index in [0.717, 1.165) is 60.8 Å². The molecule has 0 bridgehead atoms. The highest BCUT2D eigenvalue weighted by Crippen LogP contribution is 2.29. The molecule has 404 valence electrons. The molecule has 0 fully saturated rings. The molecule has 2 atom stereocenters. The monoisotopic (exact) mass is 997 g/mol. The van der Waals surface area contributed by atoms with E-state index in [0.29, 0.717) is 12.8 Å². The third-order valence-corrected chi connectivity index (χ3v) is 12.7. The van der Waals surface area contributed by atoms with Crippen LogP contribution in [0, 0.1) is 10.8 Å². The molecule has 2 unspecified atom stereocenters. The highest BCUT2D eigenvalue weighted by Gasteiger charge is 2.33. The Balaban J connectivity index is 5.11. The van der Waals surface area contributed by atoms with Crippen LogP contribution in [0.4, 0.5) is 0 Å². The van der Waals surface area contributed by atoms with Crippen molar-refractivity contribution < 1.29 is 38.2 Å². The van der Waals surface area contributed by atoms with E-state index in [9.17, 15) is 28.8 Å². The fourth-order valence-corrected chi connectivity index (χ4v) is 8.15. The molecule has 0 heterocycles. The van der Waals surface area contributed by atoms with Gasteiger partial charge in [0.1, 0.15) is 23.8 Å². The van der Waals surface area contributed by atoms with Crippen molar-refractivity contribution in [1.82, 2.24) is 0 Å². The average Bonchev–Trinajstić information content (AvgIpc) is 3.29. The number of rotatable bonds is 42. The molecule has 8 nitrogen and oxygen atoms in total. The normalized spacial score (nSPS) is 14.3. The van der Waals surface area contributed by atoms with Gasteiger partial charge in [-0.15, -0.1) is 0 Å². The first-order valence-corrected chi connectivity index (χ1v) is 27.7. The van der Waals surface area contributed by atoms with Crippen LogP contribution in [0.5, 0.6) is 0 Å². The van der Waals surface area contributed by atoms with Crippen molar-refractivity contribution >= 4 is 35.1 Å². The van der Waals surface area contributed by atoms with Gasteiger partial charge in [-0.3, -0.25) is 28.8 Å². The Hall–Kier alpha value is -4.72. The van der Waals surface area contributed by atoms with Crippen LogP contribution in [-0.2, 0) is 38.2 Å². The van der Waals surface area contributed by atoms with Crippen LogP contribution in [-0.4, -0.2) is 47.3 Å². The molecular weight excluding hydrogens is 897 g/mol. The first kappa shape index (κ1) is 67.3. The predicted molar refractivity (Wildman–Crippen MR) is 302 cm³/mol. The van der Waals surface area contributed by atoms with Gasteiger partial charge in [-0.2, -0.15) is 0 Å². The van der Waals surface area contributed by atoms with E-state index in [1.54, 1.807) is 24.3 Å². The quantitative estimate of drug-likeness (QED) is 0.0257. The van der Waals surface area contributed by atoms with E-state index in [1.807, 2.05) is 116 Å². The fourth-order valence-electron chi connectivity index (χ4n) is 8.15. The fraction of sp³-hybridized carbons (Fsp3) is 0.625. The van der Waals surface area contributed by atoms with E-state index in [2.05, 4.69) is 13.8 Å². The zero-order valence-corrected chi connectivity index (χ0v) is 47.5. The van der Waals surface area contributed by atoms with Gasteiger partial charge in [0.15, 0.2) is 11.6 Å². The van der Waals surface area contributed by atoms with Crippen molar-refractivity contribution in [2.24, 2.45) is 10.8 Å². The van der Waals surface area contributed by atoms with Gasteiger partial charge >= 0.3 is 11.9 Å². The third kappa shape index (κ3) is 38.0. The van der Waals surface area contributed by atoms with Crippen molar-refractivity contribution in [2.45, 2.75) is 249 Å². The molecule has 0 saturated carbocycles. The summed E-state index contributed by atoms with van der Waals surface area (Å²) in [7, 11) is 0. The maximum Gasteiger partial charge on any atom is 0.306 e. The standard InChI is InChI=1S/C64H100O8/c1-13-15-17-19-21-23-25-27-29-41-61(69)71-57(47-55(7)65)49-63(9,10)59(67)45-43-53(5)39-33-37-51(3)35-31-32-36-52(4)38-34-40-54(6)44-46-60(68)64(11,12)50-58(48-56(8)66)72-62(70)42-30-28-26-24-22-20-18-16-14-2/h31-40,43-46,57-58H,13-30,41-42,47-50H2,1-12H3. The lowest BCUT2D eigenvalue weighted by Crippen LogP contribution is -2.32. The molecule has 0 rings (SSSR count). The summed E-state index contributed by atoms with van der Waals surface area (Å²) in [5.41, 5.74) is 2.27. The van der Waals surface area contributed by atoms with Crippen molar-refractivity contribution in [3.05, 3.63) is 107 Å². The average molecular weight is 997 g/mol. The summed E-state index contributed by atoms with van der Waals surface area (Å²) < 4.78 is 11.5. The van der Waals surface area contributed by atoms with Crippen LogP contribution in [0.1, 0.15) is 237 Å². The van der Waals surface area contributed by atoms with Crippen LogP contribution in [0.15, 0.2) is 107 Å². The van der Waals surface area contributed by atoms with Gasteiger partial charge in [-0.25, -0.2) is 0 Å². The Labute approximate surface area is 439 Å². The zero-order chi connectivity index (χ0) is 54.2. The summed E-state index contributed by atoms with van der Waals surface area (Å²) in [4.78, 5) is 76.0. The summed E-state index contributed by atoms with van der Waals surface area (Å²) in [5.74, 6) is -0.930. The van der Waals surface area contributed by atoms with Gasteiger partial charge < -0.3 is 9.47 Å². The maximum atomic E-state index is 13.3. The van der Waals surface area contributed by atoms with Crippen LogP contribution in [0.3, 0.4) is 0 Å². The first-order valence-electron chi connectivity index (χ1n) is 27.7. The molecule has 0 aliphatic heterocycles. The second kappa shape index (κ2) is 40.7. The van der Waals surface area contributed by atoms with Crippen LogP contribution < -0.4 is 0 Å². The lowest BCUT2D eigenvalue weighted by atomic mass is 9.81. The first-order chi connectivity index (χ1) is 34.1. The van der Waals surface area contributed by atoms with Gasteiger partial charge in [-0.1, -0.05) is 239 Å². The van der Waals surface area contributed by atoms with Gasteiger partial charge in [0.25, 0.3) is 0 Å². The minimum atomic E-state index is -0.816. The van der Waals surface area contributed by atoms with Crippen LogP contribution in [0.2, 0.25) is 0 Å². The van der Waals surface area contributed by atoms with Crippen molar-refractivity contribution in [3.63, 3.8) is 0 Å². The number of hydrogen-bond acceptors (Lipinski definition) is 8. The molecule has 0 aromatic heterocycles. The number of hydrogen-bond donors (Lipinski definition) is 0. The lowest BCUT2D eigenvalue weighted by molar-refractivity contribution is -0.153. The highest BCUT2D eigenvalue weighted by molar-refractivity contribution is 5.95. The zero-order valence-electron chi connectivity index (χ0n) is 47.5. The number of allylic oxidation sites excluding steroid dienone is 18. The molecular formula is C64H100O8. The number of carbonyl (C=O) groups is 6. The van der Waals surface area contributed by atoms with Gasteiger partial charge in [-0.05, 0) is 79.4 Å². The van der Waals surface area contributed by atoms with E-state index in [1.165, 1.54) is 90.9 Å². The second-order valence-corrected chi connectivity index (χ2v) is 21.5. The summed E-state index contributed by atoms with van der Waals surface area (Å²) in [6.45, 7) is 22.6. The molecule has 0 aliphatic rings. The molecule has 0 amide bonds. The second-order valence-electron chi connectivity index (χ2n) is 21.5. The molecule has 72 heavy (non-hydrogen) atoms. The number of ether oxygens (including phenoxy) is 2. The predicted octanol–water partition coefficient (Wildman–Crippen LogP) is 17.1. The molecule has 0 radical (unpaired) electrons. The minimum Gasteiger partial charge on any atom is -0.462 e. The smallest absolute Gasteiger partial charge is 0.306 e. The highest BCUT2D eigenvalue weighted by atomic mass is 16.5. The van der Waals surface area contributed by atoms with E-state index in [-0.39, 0.29) is 60.8 Å². The number of unbranched alkanes of at least 4 members (excludes halogenated alkanes) is 16. The number of carbonyl (C=O) groups excluding carboxylic acids is 6. The lowest BCUT2D eigenvalue weighted by Gasteiger charge is -2.27.